The highest BCUT2D eigenvalue weighted by Gasteiger charge is 2.16. The lowest BCUT2D eigenvalue weighted by molar-refractivity contribution is -0.385. The number of nitrogens with zero attached hydrogens (tertiary/aromatic N) is 3. The average molecular weight is 227 g/mol. The van der Waals surface area contributed by atoms with Crippen molar-refractivity contribution < 1.29 is 14.5 Å². The van der Waals surface area contributed by atoms with Crippen LogP contribution in [0.3, 0.4) is 0 Å². The van der Waals surface area contributed by atoms with Crippen molar-refractivity contribution in [1.82, 2.24) is 9.78 Å². The molecule has 1 atom stereocenters. The second kappa shape index (κ2) is 5.24. The van der Waals surface area contributed by atoms with E-state index in [2.05, 4.69) is 5.10 Å². The summed E-state index contributed by atoms with van der Waals surface area (Å²) in [6, 6.07) is -0.257. The van der Waals surface area contributed by atoms with Gasteiger partial charge in [-0.2, -0.15) is 5.10 Å². The Kier molecular flexibility index (Phi) is 3.98. The molecule has 0 aliphatic carbocycles. The maximum atomic E-state index is 11.2. The van der Waals surface area contributed by atoms with E-state index >= 15 is 0 Å². The molecule has 7 heteroatoms. The molecule has 0 aliphatic rings. The molecule has 1 rings (SSSR count). The number of aromatic nitrogens is 2. The van der Waals surface area contributed by atoms with Gasteiger partial charge in [0.15, 0.2) is 0 Å². The predicted octanol–water partition coefficient (Wildman–Crippen LogP) is 1.31. The highest BCUT2D eigenvalue weighted by Crippen LogP contribution is 2.15. The molecule has 0 fully saturated rings. The SMILES string of the molecule is CCOC(=O)CC(C)n1cc([N+](=O)[O-])cn1. The molecule has 1 aromatic heterocycles. The standard InChI is InChI=1S/C9H13N3O4/c1-3-16-9(13)4-7(2)11-6-8(5-10-11)12(14)15/h5-7H,3-4H2,1-2H3. The molecular formula is C9H13N3O4. The van der Waals surface area contributed by atoms with E-state index in [1.807, 2.05) is 0 Å². The molecule has 0 aromatic carbocycles. The third-order valence-electron chi connectivity index (χ3n) is 2.02. The summed E-state index contributed by atoms with van der Waals surface area (Å²) in [5.74, 6) is -0.340. The Morgan fingerprint density at radius 2 is 2.44 bits per heavy atom. The Bertz CT molecular complexity index is 388. The topological polar surface area (TPSA) is 87.3 Å². The molecular weight excluding hydrogens is 214 g/mol. The van der Waals surface area contributed by atoms with Gasteiger partial charge in [0.25, 0.3) is 0 Å². The first kappa shape index (κ1) is 12.2. The highest BCUT2D eigenvalue weighted by atomic mass is 16.6. The van der Waals surface area contributed by atoms with Gasteiger partial charge in [-0.1, -0.05) is 0 Å². The molecule has 16 heavy (non-hydrogen) atoms. The first-order valence-electron chi connectivity index (χ1n) is 4.88. The van der Waals surface area contributed by atoms with Crippen molar-refractivity contribution in [3.05, 3.63) is 22.5 Å². The molecule has 1 aromatic rings. The first-order chi connectivity index (χ1) is 7.54. The third kappa shape index (κ3) is 3.04. The molecule has 7 nitrogen and oxygen atoms in total. The number of carbonyl (C=O) groups is 1. The third-order valence-corrected chi connectivity index (χ3v) is 2.02. The number of esters is 1. The number of hydrogen-bond acceptors (Lipinski definition) is 5. The molecule has 0 N–H and O–H groups in total. The molecule has 1 heterocycles. The number of hydrogen-bond donors (Lipinski definition) is 0. The van der Waals surface area contributed by atoms with Crippen molar-refractivity contribution in [3.8, 4) is 0 Å². The second-order valence-corrected chi connectivity index (χ2v) is 3.29. The van der Waals surface area contributed by atoms with E-state index in [-0.39, 0.29) is 24.1 Å². The average Bonchev–Trinajstić information content (AvgIpc) is 2.66. The molecule has 0 saturated heterocycles. The zero-order chi connectivity index (χ0) is 12.1. The van der Waals surface area contributed by atoms with Crippen molar-refractivity contribution in [2.75, 3.05) is 6.61 Å². The van der Waals surface area contributed by atoms with Crippen LogP contribution < -0.4 is 0 Å². The predicted molar refractivity (Wildman–Crippen MR) is 54.8 cm³/mol. The molecule has 0 bridgehead atoms. The number of carbonyl (C=O) groups excluding carboxylic acids is 1. The van der Waals surface area contributed by atoms with Gasteiger partial charge >= 0.3 is 11.7 Å². The molecule has 0 spiro atoms. The largest absolute Gasteiger partial charge is 0.466 e. The summed E-state index contributed by atoms with van der Waals surface area (Å²) in [5, 5.41) is 14.2. The van der Waals surface area contributed by atoms with E-state index in [9.17, 15) is 14.9 Å². The summed E-state index contributed by atoms with van der Waals surface area (Å²) < 4.78 is 6.16. The van der Waals surface area contributed by atoms with Crippen LogP contribution in [0, 0.1) is 10.1 Å². The Labute approximate surface area is 92.2 Å². The minimum absolute atomic E-state index is 0.0873. The molecule has 0 aliphatic heterocycles. The van der Waals surface area contributed by atoms with Crippen LogP contribution in [0.25, 0.3) is 0 Å². The van der Waals surface area contributed by atoms with E-state index in [0.29, 0.717) is 6.61 Å². The van der Waals surface area contributed by atoms with Gasteiger partial charge in [0.05, 0.1) is 24.0 Å². The van der Waals surface area contributed by atoms with Crippen LogP contribution in [-0.2, 0) is 9.53 Å². The summed E-state index contributed by atoms with van der Waals surface area (Å²) in [7, 11) is 0. The van der Waals surface area contributed by atoms with Crippen LogP contribution in [0.5, 0.6) is 0 Å². The van der Waals surface area contributed by atoms with Gasteiger partial charge in [-0.25, -0.2) is 0 Å². The van der Waals surface area contributed by atoms with Crippen molar-refractivity contribution in [2.24, 2.45) is 0 Å². The smallest absolute Gasteiger partial charge is 0.307 e. The minimum Gasteiger partial charge on any atom is -0.466 e. The number of ether oxygens (including phenoxy) is 1. The summed E-state index contributed by atoms with van der Waals surface area (Å²) in [6.45, 7) is 3.79. The van der Waals surface area contributed by atoms with Gasteiger partial charge in [0.2, 0.25) is 0 Å². The molecule has 0 saturated carbocycles. The van der Waals surface area contributed by atoms with E-state index in [1.54, 1.807) is 13.8 Å². The fourth-order valence-corrected chi connectivity index (χ4v) is 1.22. The Morgan fingerprint density at radius 1 is 1.75 bits per heavy atom. The minimum atomic E-state index is -0.527. The number of rotatable bonds is 5. The van der Waals surface area contributed by atoms with Gasteiger partial charge in [-0.15, -0.1) is 0 Å². The maximum absolute atomic E-state index is 11.2. The zero-order valence-corrected chi connectivity index (χ0v) is 9.12. The van der Waals surface area contributed by atoms with E-state index < -0.39 is 4.92 Å². The number of nitro groups is 1. The van der Waals surface area contributed by atoms with Crippen molar-refractivity contribution in [3.63, 3.8) is 0 Å². The normalized spacial score (nSPS) is 12.1. The summed E-state index contributed by atoms with van der Waals surface area (Å²) in [4.78, 5) is 21.1. The van der Waals surface area contributed by atoms with E-state index in [0.717, 1.165) is 6.20 Å². The van der Waals surface area contributed by atoms with Gasteiger partial charge in [0.1, 0.15) is 12.4 Å². The lowest BCUT2D eigenvalue weighted by atomic mass is 10.2. The van der Waals surface area contributed by atoms with Crippen LogP contribution >= 0.6 is 0 Å². The van der Waals surface area contributed by atoms with Gasteiger partial charge in [0, 0.05) is 0 Å². The molecule has 1 unspecified atom stereocenters. The van der Waals surface area contributed by atoms with E-state index in [4.69, 9.17) is 4.74 Å². The van der Waals surface area contributed by atoms with Crippen LogP contribution in [0.2, 0.25) is 0 Å². The van der Waals surface area contributed by atoms with Gasteiger partial charge in [-0.3, -0.25) is 19.6 Å². The first-order valence-corrected chi connectivity index (χ1v) is 4.88. The molecule has 88 valence electrons. The fourth-order valence-electron chi connectivity index (χ4n) is 1.22. The summed E-state index contributed by atoms with van der Waals surface area (Å²) >= 11 is 0. The zero-order valence-electron chi connectivity index (χ0n) is 9.12. The summed E-state index contributed by atoms with van der Waals surface area (Å²) in [5.41, 5.74) is -0.0873. The van der Waals surface area contributed by atoms with Crippen LogP contribution in [0.1, 0.15) is 26.3 Å². The fraction of sp³-hybridized carbons (Fsp3) is 0.556. The Hall–Kier alpha value is -1.92. The van der Waals surface area contributed by atoms with Crippen molar-refractivity contribution in [1.29, 1.82) is 0 Å². The van der Waals surface area contributed by atoms with Crippen molar-refractivity contribution in [2.45, 2.75) is 26.3 Å². The molecule has 0 amide bonds. The van der Waals surface area contributed by atoms with Crippen molar-refractivity contribution >= 4 is 11.7 Å². The lowest BCUT2D eigenvalue weighted by Crippen LogP contribution is -2.13. The van der Waals surface area contributed by atoms with Crippen LogP contribution in [0.15, 0.2) is 12.4 Å². The summed E-state index contributed by atoms with van der Waals surface area (Å²) in [6.07, 6.45) is 2.60. The Morgan fingerprint density at radius 3 is 2.94 bits per heavy atom. The Balaban J connectivity index is 2.62. The highest BCUT2D eigenvalue weighted by molar-refractivity contribution is 5.69. The molecule has 0 radical (unpaired) electrons. The maximum Gasteiger partial charge on any atom is 0.307 e. The second-order valence-electron chi connectivity index (χ2n) is 3.29. The quantitative estimate of drug-likeness (QED) is 0.430. The monoisotopic (exact) mass is 227 g/mol. The van der Waals surface area contributed by atoms with Crippen LogP contribution in [0.4, 0.5) is 5.69 Å². The lowest BCUT2D eigenvalue weighted by Gasteiger charge is -2.10. The van der Waals surface area contributed by atoms with Gasteiger partial charge < -0.3 is 4.74 Å². The van der Waals surface area contributed by atoms with E-state index in [1.165, 1.54) is 10.9 Å². The van der Waals surface area contributed by atoms with Crippen LogP contribution in [-0.4, -0.2) is 27.3 Å². The van der Waals surface area contributed by atoms with Gasteiger partial charge in [-0.05, 0) is 13.8 Å².